The van der Waals surface area contributed by atoms with Crippen molar-refractivity contribution in [1.82, 2.24) is 0 Å². The molecule has 0 bridgehead atoms. The van der Waals surface area contributed by atoms with E-state index in [1.54, 1.807) is 0 Å². The van der Waals surface area contributed by atoms with Gasteiger partial charge in [-0.15, -0.1) is 0 Å². The first-order chi connectivity index (χ1) is 6.16. The van der Waals surface area contributed by atoms with E-state index in [-0.39, 0.29) is 6.04 Å². The molecule has 1 atom stereocenters. The maximum Gasteiger partial charge on any atom is 0.123 e. The highest BCUT2D eigenvalue weighted by molar-refractivity contribution is 5.41. The molecule has 0 aliphatic rings. The van der Waals surface area contributed by atoms with Crippen LogP contribution in [0.4, 0.5) is 0 Å². The van der Waals surface area contributed by atoms with Crippen LogP contribution in [0, 0.1) is 0 Å². The summed E-state index contributed by atoms with van der Waals surface area (Å²) in [5.41, 5.74) is 7.56. The highest BCUT2D eigenvalue weighted by Crippen LogP contribution is 2.27. The Kier molecular flexibility index (Phi) is 3.32. The summed E-state index contributed by atoms with van der Waals surface area (Å²) in [5, 5.41) is 9.81. The fourth-order valence-electron chi connectivity index (χ4n) is 1.45. The highest BCUT2D eigenvalue weighted by Gasteiger charge is 2.08. The summed E-state index contributed by atoms with van der Waals surface area (Å²) in [5.74, 6) is 0.374. The van der Waals surface area contributed by atoms with Gasteiger partial charge in [0.2, 0.25) is 0 Å². The topological polar surface area (TPSA) is 46.2 Å². The summed E-state index contributed by atoms with van der Waals surface area (Å²) in [6.45, 7) is 3.97. The normalized spacial score (nSPS) is 12.8. The quantitative estimate of drug-likeness (QED) is 0.748. The van der Waals surface area contributed by atoms with E-state index in [4.69, 9.17) is 5.73 Å². The summed E-state index contributed by atoms with van der Waals surface area (Å²) < 4.78 is 0. The van der Waals surface area contributed by atoms with E-state index in [1.807, 2.05) is 25.1 Å². The van der Waals surface area contributed by atoms with Gasteiger partial charge in [-0.05, 0) is 18.9 Å². The lowest BCUT2D eigenvalue weighted by Gasteiger charge is -2.11. The number of hydrogen-bond donors (Lipinski definition) is 2. The molecule has 0 unspecified atom stereocenters. The van der Waals surface area contributed by atoms with E-state index in [0.29, 0.717) is 5.75 Å². The molecule has 72 valence electrons. The molecule has 1 rings (SSSR count). The van der Waals surface area contributed by atoms with Crippen LogP contribution >= 0.6 is 0 Å². The van der Waals surface area contributed by atoms with Crippen molar-refractivity contribution >= 4 is 0 Å². The van der Waals surface area contributed by atoms with E-state index >= 15 is 0 Å². The molecule has 2 nitrogen and oxygen atoms in total. The van der Waals surface area contributed by atoms with E-state index in [2.05, 4.69) is 6.92 Å². The SMILES string of the molecule is CCCc1cccc([C@@H](C)N)c1O. The minimum atomic E-state index is -0.100. The summed E-state index contributed by atoms with van der Waals surface area (Å²) >= 11 is 0. The van der Waals surface area contributed by atoms with Gasteiger partial charge in [0.25, 0.3) is 0 Å². The Morgan fingerprint density at radius 3 is 2.69 bits per heavy atom. The smallest absolute Gasteiger partial charge is 0.123 e. The molecule has 0 aromatic heterocycles. The summed E-state index contributed by atoms with van der Waals surface area (Å²) in [6, 6.07) is 5.67. The Labute approximate surface area is 79.4 Å². The number of aromatic hydroxyl groups is 1. The molecule has 0 amide bonds. The van der Waals surface area contributed by atoms with Gasteiger partial charge in [0.15, 0.2) is 0 Å². The Hall–Kier alpha value is -1.02. The molecule has 0 heterocycles. The highest BCUT2D eigenvalue weighted by atomic mass is 16.3. The van der Waals surface area contributed by atoms with Crippen molar-refractivity contribution < 1.29 is 5.11 Å². The molecule has 0 radical (unpaired) electrons. The molecule has 0 fully saturated rings. The lowest BCUT2D eigenvalue weighted by Crippen LogP contribution is -2.05. The molecule has 0 aliphatic carbocycles. The molecule has 1 aromatic rings. The average Bonchev–Trinajstić information content (AvgIpc) is 2.08. The Bertz CT molecular complexity index is 281. The third kappa shape index (κ3) is 2.22. The molecule has 0 saturated carbocycles. The van der Waals surface area contributed by atoms with Crippen LogP contribution in [-0.4, -0.2) is 5.11 Å². The molecule has 13 heavy (non-hydrogen) atoms. The van der Waals surface area contributed by atoms with Crippen LogP contribution in [-0.2, 0) is 6.42 Å². The number of benzene rings is 1. The van der Waals surface area contributed by atoms with Gasteiger partial charge < -0.3 is 10.8 Å². The van der Waals surface area contributed by atoms with Gasteiger partial charge in [0.05, 0.1) is 0 Å². The van der Waals surface area contributed by atoms with Crippen LogP contribution in [0.5, 0.6) is 5.75 Å². The maximum atomic E-state index is 9.81. The van der Waals surface area contributed by atoms with Crippen molar-refractivity contribution in [2.75, 3.05) is 0 Å². The number of para-hydroxylation sites is 1. The number of phenolic OH excluding ortho intramolecular Hbond substituents is 1. The molecular formula is C11H17NO. The maximum absolute atomic E-state index is 9.81. The van der Waals surface area contributed by atoms with Crippen molar-refractivity contribution in [2.45, 2.75) is 32.7 Å². The molecule has 3 N–H and O–H groups in total. The largest absolute Gasteiger partial charge is 0.507 e. The van der Waals surface area contributed by atoms with Crippen molar-refractivity contribution in [3.8, 4) is 5.75 Å². The zero-order valence-electron chi connectivity index (χ0n) is 8.25. The fraction of sp³-hybridized carbons (Fsp3) is 0.455. The van der Waals surface area contributed by atoms with E-state index < -0.39 is 0 Å². The second kappa shape index (κ2) is 4.28. The molecule has 2 heteroatoms. The van der Waals surface area contributed by atoms with Gasteiger partial charge in [-0.1, -0.05) is 31.5 Å². The minimum Gasteiger partial charge on any atom is -0.507 e. The molecule has 0 saturated heterocycles. The standard InChI is InChI=1S/C11H17NO/c1-3-5-9-6-4-7-10(8(2)12)11(9)13/h4,6-8,13H,3,5,12H2,1-2H3/t8-/m1/s1. The van der Waals surface area contributed by atoms with Gasteiger partial charge in [0, 0.05) is 11.6 Å². The van der Waals surface area contributed by atoms with E-state index in [1.165, 1.54) is 0 Å². The lowest BCUT2D eigenvalue weighted by atomic mass is 10.0. The first-order valence-corrected chi connectivity index (χ1v) is 4.73. The Morgan fingerprint density at radius 2 is 2.15 bits per heavy atom. The molecular weight excluding hydrogens is 162 g/mol. The first kappa shape index (κ1) is 10.1. The minimum absolute atomic E-state index is 0.100. The predicted molar refractivity (Wildman–Crippen MR) is 54.7 cm³/mol. The third-order valence-corrected chi connectivity index (χ3v) is 2.16. The van der Waals surface area contributed by atoms with Crippen LogP contribution in [0.2, 0.25) is 0 Å². The van der Waals surface area contributed by atoms with E-state index in [9.17, 15) is 5.11 Å². The van der Waals surface area contributed by atoms with Crippen molar-refractivity contribution in [3.05, 3.63) is 29.3 Å². The summed E-state index contributed by atoms with van der Waals surface area (Å²) in [7, 11) is 0. The van der Waals surface area contributed by atoms with Gasteiger partial charge in [-0.3, -0.25) is 0 Å². The summed E-state index contributed by atoms with van der Waals surface area (Å²) in [6.07, 6.45) is 1.95. The number of phenols is 1. The number of nitrogens with two attached hydrogens (primary N) is 1. The number of hydrogen-bond acceptors (Lipinski definition) is 2. The zero-order chi connectivity index (χ0) is 9.84. The van der Waals surface area contributed by atoms with Crippen molar-refractivity contribution in [2.24, 2.45) is 5.73 Å². The second-order valence-electron chi connectivity index (χ2n) is 3.39. The lowest BCUT2D eigenvalue weighted by molar-refractivity contribution is 0.456. The van der Waals surface area contributed by atoms with Crippen LogP contribution in [0.15, 0.2) is 18.2 Å². The fourth-order valence-corrected chi connectivity index (χ4v) is 1.45. The van der Waals surface area contributed by atoms with Crippen LogP contribution in [0.25, 0.3) is 0 Å². The van der Waals surface area contributed by atoms with E-state index in [0.717, 1.165) is 24.0 Å². The van der Waals surface area contributed by atoms with Crippen molar-refractivity contribution in [3.63, 3.8) is 0 Å². The van der Waals surface area contributed by atoms with Gasteiger partial charge in [0.1, 0.15) is 5.75 Å². The first-order valence-electron chi connectivity index (χ1n) is 4.73. The van der Waals surface area contributed by atoms with Crippen LogP contribution in [0.3, 0.4) is 0 Å². The number of rotatable bonds is 3. The Morgan fingerprint density at radius 1 is 1.46 bits per heavy atom. The monoisotopic (exact) mass is 179 g/mol. The van der Waals surface area contributed by atoms with Gasteiger partial charge >= 0.3 is 0 Å². The van der Waals surface area contributed by atoms with Crippen LogP contribution in [0.1, 0.15) is 37.4 Å². The molecule has 0 spiro atoms. The van der Waals surface area contributed by atoms with Crippen molar-refractivity contribution in [1.29, 1.82) is 0 Å². The van der Waals surface area contributed by atoms with Gasteiger partial charge in [-0.2, -0.15) is 0 Å². The Balaban J connectivity index is 3.03. The molecule has 1 aromatic carbocycles. The number of aryl methyl sites for hydroxylation is 1. The second-order valence-corrected chi connectivity index (χ2v) is 3.39. The third-order valence-electron chi connectivity index (χ3n) is 2.16. The predicted octanol–water partition coefficient (Wildman–Crippen LogP) is 2.36. The van der Waals surface area contributed by atoms with Gasteiger partial charge in [-0.25, -0.2) is 0 Å². The average molecular weight is 179 g/mol. The van der Waals surface area contributed by atoms with Crippen LogP contribution < -0.4 is 5.73 Å². The molecule has 0 aliphatic heterocycles. The zero-order valence-corrected chi connectivity index (χ0v) is 8.25. The summed E-state index contributed by atoms with van der Waals surface area (Å²) in [4.78, 5) is 0.